The van der Waals surface area contributed by atoms with Gasteiger partial charge in [0.1, 0.15) is 22.9 Å². The van der Waals surface area contributed by atoms with Crippen molar-refractivity contribution in [1.82, 2.24) is 9.97 Å². The molecule has 5 nitrogen and oxygen atoms in total. The second-order valence-electron chi connectivity index (χ2n) is 4.80. The van der Waals surface area contributed by atoms with Crippen molar-refractivity contribution >= 4 is 21.6 Å². The van der Waals surface area contributed by atoms with Crippen LogP contribution in [0.2, 0.25) is 0 Å². The van der Waals surface area contributed by atoms with Gasteiger partial charge in [0.25, 0.3) is 5.56 Å². The van der Waals surface area contributed by atoms with Crippen molar-refractivity contribution in [3.05, 3.63) is 57.5 Å². The fourth-order valence-electron chi connectivity index (χ4n) is 2.03. The lowest BCUT2D eigenvalue weighted by Gasteiger charge is -2.09. The number of nitrogens with zero attached hydrogens (tertiary/aromatic N) is 1. The summed E-state index contributed by atoms with van der Waals surface area (Å²) in [7, 11) is 0. The zero-order valence-electron chi connectivity index (χ0n) is 11.5. The van der Waals surface area contributed by atoms with Crippen molar-refractivity contribution < 1.29 is 4.74 Å². The van der Waals surface area contributed by atoms with Gasteiger partial charge in [-0.05, 0) is 36.1 Å². The Morgan fingerprint density at radius 3 is 3.10 bits per heavy atom. The summed E-state index contributed by atoms with van der Waals surface area (Å²) < 4.78 is 6.32. The average Bonchev–Trinajstić information content (AvgIpc) is 2.94. The molecule has 0 saturated carbocycles. The normalized spacial score (nSPS) is 12.5. The first kappa shape index (κ1) is 13.8. The van der Waals surface area contributed by atoms with E-state index >= 15 is 0 Å². The molecular formula is C15H15N3O2S. The van der Waals surface area contributed by atoms with Crippen molar-refractivity contribution in [2.45, 2.75) is 19.6 Å². The monoisotopic (exact) mass is 301 g/mol. The maximum absolute atomic E-state index is 11.9. The van der Waals surface area contributed by atoms with Crippen LogP contribution in [0.3, 0.4) is 0 Å². The molecule has 0 fully saturated rings. The molecule has 0 radical (unpaired) electrons. The van der Waals surface area contributed by atoms with E-state index in [1.54, 1.807) is 0 Å². The smallest absolute Gasteiger partial charge is 0.268 e. The summed E-state index contributed by atoms with van der Waals surface area (Å²) in [6, 6.07) is 9.38. The van der Waals surface area contributed by atoms with E-state index in [9.17, 15) is 4.79 Å². The number of benzene rings is 1. The number of thiophene rings is 1. The summed E-state index contributed by atoms with van der Waals surface area (Å²) in [6.07, 6.45) is 0. The highest BCUT2D eigenvalue weighted by Gasteiger charge is 2.06. The highest BCUT2D eigenvalue weighted by Crippen LogP contribution is 2.19. The summed E-state index contributed by atoms with van der Waals surface area (Å²) in [5.41, 5.74) is 7.42. The van der Waals surface area contributed by atoms with E-state index in [2.05, 4.69) is 9.97 Å². The van der Waals surface area contributed by atoms with Crippen molar-refractivity contribution in [3.8, 4) is 5.75 Å². The number of ether oxygens (including phenoxy) is 1. The molecule has 0 unspecified atom stereocenters. The number of H-pyrrole nitrogens is 1. The Kier molecular flexibility index (Phi) is 3.72. The van der Waals surface area contributed by atoms with Gasteiger partial charge in [0.15, 0.2) is 0 Å². The first-order valence-corrected chi connectivity index (χ1v) is 7.46. The molecule has 6 heteroatoms. The number of nitrogens with one attached hydrogen (secondary N) is 1. The van der Waals surface area contributed by atoms with E-state index in [1.165, 1.54) is 11.3 Å². The topological polar surface area (TPSA) is 81.0 Å². The third kappa shape index (κ3) is 2.96. The average molecular weight is 301 g/mol. The number of aromatic nitrogens is 2. The highest BCUT2D eigenvalue weighted by molar-refractivity contribution is 7.17. The Balaban J connectivity index is 1.80. The molecule has 3 N–H and O–H groups in total. The van der Waals surface area contributed by atoms with Gasteiger partial charge in [0.2, 0.25) is 0 Å². The fourth-order valence-corrected chi connectivity index (χ4v) is 2.75. The summed E-state index contributed by atoms with van der Waals surface area (Å²) in [5, 5.41) is 1.85. The Bertz CT molecular complexity index is 823. The summed E-state index contributed by atoms with van der Waals surface area (Å²) in [5.74, 6) is 1.22. The van der Waals surface area contributed by atoms with E-state index in [0.29, 0.717) is 21.8 Å². The molecule has 0 aliphatic rings. The fraction of sp³-hybridized carbons (Fsp3) is 0.200. The van der Waals surface area contributed by atoms with Gasteiger partial charge in [-0.25, -0.2) is 4.98 Å². The van der Waals surface area contributed by atoms with Crippen molar-refractivity contribution in [1.29, 1.82) is 0 Å². The van der Waals surface area contributed by atoms with Crippen LogP contribution in [-0.4, -0.2) is 9.97 Å². The molecule has 0 amide bonds. The number of hydrogen-bond acceptors (Lipinski definition) is 5. The second kappa shape index (κ2) is 5.67. The quantitative estimate of drug-likeness (QED) is 0.776. The van der Waals surface area contributed by atoms with E-state index < -0.39 is 0 Å². The van der Waals surface area contributed by atoms with E-state index in [-0.39, 0.29) is 18.2 Å². The Morgan fingerprint density at radius 1 is 1.43 bits per heavy atom. The Hall–Kier alpha value is -2.18. The van der Waals surface area contributed by atoms with Crippen LogP contribution < -0.4 is 16.0 Å². The number of fused-ring (bicyclic) bond motifs is 1. The minimum atomic E-state index is -0.127. The third-order valence-corrected chi connectivity index (χ3v) is 4.03. The van der Waals surface area contributed by atoms with Crippen LogP contribution in [-0.2, 0) is 6.61 Å². The van der Waals surface area contributed by atoms with Gasteiger partial charge in [0.05, 0.1) is 5.52 Å². The number of nitrogens with two attached hydrogens (primary N) is 1. The highest BCUT2D eigenvalue weighted by atomic mass is 32.1. The molecule has 0 saturated heterocycles. The molecule has 0 aliphatic carbocycles. The molecule has 108 valence electrons. The van der Waals surface area contributed by atoms with Crippen LogP contribution in [0.15, 0.2) is 40.5 Å². The molecule has 0 bridgehead atoms. The first-order chi connectivity index (χ1) is 10.1. The lowest BCUT2D eigenvalue weighted by molar-refractivity contribution is 0.295. The minimum Gasteiger partial charge on any atom is -0.486 e. The van der Waals surface area contributed by atoms with Gasteiger partial charge in [-0.2, -0.15) is 0 Å². The predicted octanol–water partition coefficient (Wildman–Crippen LogP) is 2.58. The lowest BCUT2D eigenvalue weighted by atomic mass is 10.1. The third-order valence-electron chi connectivity index (χ3n) is 3.12. The molecule has 0 aliphatic heterocycles. The van der Waals surface area contributed by atoms with Crippen LogP contribution >= 0.6 is 11.3 Å². The maximum Gasteiger partial charge on any atom is 0.268 e. The molecule has 0 spiro atoms. The zero-order chi connectivity index (χ0) is 14.8. The van der Waals surface area contributed by atoms with Crippen LogP contribution in [0.4, 0.5) is 0 Å². The van der Waals surface area contributed by atoms with Gasteiger partial charge < -0.3 is 15.5 Å². The summed E-state index contributed by atoms with van der Waals surface area (Å²) in [6.45, 7) is 2.13. The molecule has 21 heavy (non-hydrogen) atoms. The van der Waals surface area contributed by atoms with Crippen LogP contribution in [0.25, 0.3) is 10.2 Å². The van der Waals surface area contributed by atoms with Crippen LogP contribution in [0, 0.1) is 0 Å². The maximum atomic E-state index is 11.9. The molecule has 2 heterocycles. The summed E-state index contributed by atoms with van der Waals surface area (Å²) in [4.78, 5) is 19.0. The molecule has 1 atom stereocenters. The molecule has 2 aromatic heterocycles. The zero-order valence-corrected chi connectivity index (χ0v) is 12.3. The van der Waals surface area contributed by atoms with Gasteiger partial charge in [-0.1, -0.05) is 12.1 Å². The first-order valence-electron chi connectivity index (χ1n) is 6.58. The van der Waals surface area contributed by atoms with E-state index in [1.807, 2.05) is 42.6 Å². The predicted molar refractivity (Wildman–Crippen MR) is 83.6 cm³/mol. The SMILES string of the molecule is C[C@H](N)c1cccc(OCc2nc3ccsc3c(=O)[nH]2)c1. The number of rotatable bonds is 4. The number of hydrogen-bond donors (Lipinski definition) is 2. The summed E-state index contributed by atoms with van der Waals surface area (Å²) >= 11 is 1.38. The lowest BCUT2D eigenvalue weighted by Crippen LogP contribution is -2.12. The number of aromatic amines is 1. The van der Waals surface area contributed by atoms with Crippen molar-refractivity contribution in [2.75, 3.05) is 0 Å². The molecule has 3 rings (SSSR count). The minimum absolute atomic E-state index is 0.0476. The Morgan fingerprint density at radius 2 is 2.29 bits per heavy atom. The van der Waals surface area contributed by atoms with E-state index in [4.69, 9.17) is 10.5 Å². The molecule has 1 aromatic carbocycles. The second-order valence-corrected chi connectivity index (χ2v) is 5.71. The standard InChI is InChI=1S/C15H15N3O2S/c1-9(16)10-3-2-4-11(7-10)20-8-13-17-12-5-6-21-14(12)15(19)18-13/h2-7,9H,8,16H2,1H3,(H,17,18,19)/t9-/m0/s1. The van der Waals surface area contributed by atoms with Crippen LogP contribution in [0.1, 0.15) is 24.4 Å². The van der Waals surface area contributed by atoms with Crippen molar-refractivity contribution in [3.63, 3.8) is 0 Å². The van der Waals surface area contributed by atoms with Gasteiger partial charge in [-0.15, -0.1) is 11.3 Å². The van der Waals surface area contributed by atoms with Crippen LogP contribution in [0.5, 0.6) is 5.75 Å². The van der Waals surface area contributed by atoms with Gasteiger partial charge >= 0.3 is 0 Å². The van der Waals surface area contributed by atoms with Gasteiger partial charge in [0, 0.05) is 6.04 Å². The Labute approximate surface area is 125 Å². The largest absolute Gasteiger partial charge is 0.486 e. The molecular weight excluding hydrogens is 286 g/mol. The molecule has 3 aromatic rings. The van der Waals surface area contributed by atoms with Crippen molar-refractivity contribution in [2.24, 2.45) is 5.73 Å². The van der Waals surface area contributed by atoms with Gasteiger partial charge in [-0.3, -0.25) is 4.79 Å². The van der Waals surface area contributed by atoms with E-state index in [0.717, 1.165) is 5.56 Å².